The van der Waals surface area contributed by atoms with Crippen molar-refractivity contribution in [2.24, 2.45) is 4.99 Å². The van der Waals surface area contributed by atoms with Crippen LogP contribution in [-0.2, 0) is 4.79 Å². The Morgan fingerprint density at radius 2 is 1.95 bits per heavy atom. The highest BCUT2D eigenvalue weighted by Gasteiger charge is 2.30. The van der Waals surface area contributed by atoms with Gasteiger partial charge in [-0.1, -0.05) is 6.08 Å². The van der Waals surface area contributed by atoms with Crippen molar-refractivity contribution in [1.82, 2.24) is 0 Å². The predicted molar refractivity (Wildman–Crippen MR) is 74.6 cm³/mol. The van der Waals surface area contributed by atoms with Crippen LogP contribution >= 0.6 is 0 Å². The van der Waals surface area contributed by atoms with E-state index < -0.39 is 11.5 Å². The van der Waals surface area contributed by atoms with E-state index in [1.807, 2.05) is 0 Å². The van der Waals surface area contributed by atoms with Crippen molar-refractivity contribution in [3.8, 4) is 5.75 Å². The molecule has 1 aromatic carbocycles. The lowest BCUT2D eigenvalue weighted by Gasteiger charge is -2.14. The van der Waals surface area contributed by atoms with E-state index in [1.54, 1.807) is 50.5 Å². The molecule has 0 spiro atoms. The van der Waals surface area contributed by atoms with Crippen molar-refractivity contribution in [2.75, 3.05) is 7.11 Å². The minimum absolute atomic E-state index is 0.136. The largest absolute Gasteiger partial charge is 0.497 e. The summed E-state index contributed by atoms with van der Waals surface area (Å²) in [6.45, 7) is 1.69. The van der Waals surface area contributed by atoms with Crippen LogP contribution in [0.25, 0.3) is 0 Å². The number of aliphatic carboxylic acids is 1. The molecule has 0 saturated heterocycles. The maximum atomic E-state index is 12.2. The second-order valence-electron chi connectivity index (χ2n) is 4.82. The summed E-state index contributed by atoms with van der Waals surface area (Å²) in [6, 6.07) is 6.71. The first-order valence-electron chi connectivity index (χ1n) is 6.13. The topological polar surface area (TPSA) is 76.0 Å². The molecule has 1 aromatic rings. The molecular weight excluding hydrogens is 258 g/mol. The van der Waals surface area contributed by atoms with Gasteiger partial charge in [-0.25, -0.2) is 0 Å². The number of nitrogens with zero attached hydrogens (tertiary/aromatic N) is 1. The van der Waals surface area contributed by atoms with E-state index in [-0.39, 0.29) is 17.9 Å². The predicted octanol–water partition coefficient (Wildman–Crippen LogP) is 2.12. The van der Waals surface area contributed by atoms with Crippen LogP contribution in [0.4, 0.5) is 0 Å². The number of rotatable bonds is 5. The molecule has 1 aliphatic heterocycles. The second kappa shape index (κ2) is 5.28. The van der Waals surface area contributed by atoms with Gasteiger partial charge in [0.15, 0.2) is 0 Å². The minimum atomic E-state index is -0.945. The molecule has 0 aromatic heterocycles. The lowest BCUT2D eigenvalue weighted by molar-refractivity contribution is -0.137. The smallest absolute Gasteiger partial charge is 0.306 e. The van der Waals surface area contributed by atoms with Gasteiger partial charge in [0.05, 0.1) is 19.1 Å². The molecule has 1 N–H and O–H groups in total. The Morgan fingerprint density at radius 3 is 2.50 bits per heavy atom. The van der Waals surface area contributed by atoms with Crippen molar-refractivity contribution in [1.29, 1.82) is 0 Å². The van der Waals surface area contributed by atoms with E-state index in [9.17, 15) is 9.59 Å². The summed E-state index contributed by atoms with van der Waals surface area (Å²) >= 11 is 0. The Morgan fingerprint density at radius 1 is 1.30 bits per heavy atom. The third kappa shape index (κ3) is 2.93. The van der Waals surface area contributed by atoms with Crippen LogP contribution in [0.15, 0.2) is 41.4 Å². The average molecular weight is 273 g/mol. The number of carboxylic acid groups (broad SMARTS) is 1. The third-order valence-corrected chi connectivity index (χ3v) is 3.07. The van der Waals surface area contributed by atoms with Gasteiger partial charge in [0.2, 0.25) is 5.78 Å². The van der Waals surface area contributed by atoms with Crippen LogP contribution in [0, 0.1) is 0 Å². The van der Waals surface area contributed by atoms with Crippen LogP contribution in [0.2, 0.25) is 0 Å². The number of ether oxygens (including phenoxy) is 1. The molecule has 1 atom stereocenters. The van der Waals surface area contributed by atoms with Gasteiger partial charge in [-0.2, -0.15) is 0 Å². The van der Waals surface area contributed by atoms with Gasteiger partial charge < -0.3 is 9.84 Å². The molecule has 0 saturated carbocycles. The van der Waals surface area contributed by atoms with E-state index >= 15 is 0 Å². The maximum Gasteiger partial charge on any atom is 0.306 e. The van der Waals surface area contributed by atoms with E-state index in [0.717, 1.165) is 0 Å². The molecule has 0 radical (unpaired) electrons. The summed E-state index contributed by atoms with van der Waals surface area (Å²) in [6.07, 6.45) is 3.09. The number of carbonyl (C=O) groups excluding carboxylic acids is 1. The van der Waals surface area contributed by atoms with Gasteiger partial charge in [-0.05, 0) is 37.3 Å². The molecule has 0 fully saturated rings. The first kappa shape index (κ1) is 14.0. The fourth-order valence-electron chi connectivity index (χ4n) is 2.03. The number of hydrogen-bond donors (Lipinski definition) is 1. The molecule has 0 amide bonds. The monoisotopic (exact) mass is 273 g/mol. The van der Waals surface area contributed by atoms with Crippen LogP contribution in [0.1, 0.15) is 23.7 Å². The highest BCUT2D eigenvalue weighted by atomic mass is 16.5. The van der Waals surface area contributed by atoms with Gasteiger partial charge in [-0.3, -0.25) is 14.6 Å². The fraction of sp³-hybridized carbons (Fsp3) is 0.267. The number of Topliss-reactive ketones (excluding diaryl/α,β-unsaturated/α-hetero) is 1. The number of aliphatic imine (C=N–C) groups is 1. The zero-order chi connectivity index (χ0) is 14.8. The molecule has 1 aliphatic rings. The second-order valence-corrected chi connectivity index (χ2v) is 4.82. The molecule has 5 nitrogen and oxygen atoms in total. The summed E-state index contributed by atoms with van der Waals surface area (Å²) in [5.41, 5.74) is -0.0729. The third-order valence-electron chi connectivity index (χ3n) is 3.07. The van der Waals surface area contributed by atoms with Gasteiger partial charge in [0.1, 0.15) is 11.5 Å². The summed E-state index contributed by atoms with van der Waals surface area (Å²) in [5, 5.41) is 8.84. The summed E-state index contributed by atoms with van der Waals surface area (Å²) in [5.74, 6) is -0.502. The Balaban J connectivity index is 2.20. The molecule has 2 rings (SSSR count). The lowest BCUT2D eigenvalue weighted by atomic mass is 10.0. The van der Waals surface area contributed by atoms with Crippen molar-refractivity contribution in [3.63, 3.8) is 0 Å². The number of carboxylic acids is 1. The highest BCUT2D eigenvalue weighted by molar-refractivity contribution is 6.50. The van der Waals surface area contributed by atoms with Crippen LogP contribution < -0.4 is 4.74 Å². The molecular formula is C15H15NO4. The zero-order valence-corrected chi connectivity index (χ0v) is 11.3. The number of benzene rings is 1. The van der Waals surface area contributed by atoms with Gasteiger partial charge in [-0.15, -0.1) is 0 Å². The van der Waals surface area contributed by atoms with Crippen molar-refractivity contribution in [3.05, 3.63) is 42.0 Å². The molecule has 0 aliphatic carbocycles. The Hall–Kier alpha value is -2.43. The average Bonchev–Trinajstić information content (AvgIpc) is 2.79. The number of methoxy groups -OCH3 is 1. The Bertz CT molecular complexity index is 601. The van der Waals surface area contributed by atoms with E-state index in [0.29, 0.717) is 11.3 Å². The number of carbonyl (C=O) groups is 2. The van der Waals surface area contributed by atoms with Crippen molar-refractivity contribution in [2.45, 2.75) is 18.9 Å². The molecule has 1 unspecified atom stereocenters. The van der Waals surface area contributed by atoms with E-state index in [1.165, 1.54) is 0 Å². The molecule has 20 heavy (non-hydrogen) atoms. The molecule has 104 valence electrons. The van der Waals surface area contributed by atoms with Crippen LogP contribution in [0.3, 0.4) is 0 Å². The lowest BCUT2D eigenvalue weighted by Crippen LogP contribution is -2.22. The normalized spacial score (nSPS) is 20.6. The van der Waals surface area contributed by atoms with Gasteiger partial charge in [0, 0.05) is 5.56 Å². The summed E-state index contributed by atoms with van der Waals surface area (Å²) in [7, 11) is 1.55. The highest BCUT2D eigenvalue weighted by Crippen LogP contribution is 2.24. The van der Waals surface area contributed by atoms with E-state index in [4.69, 9.17) is 9.84 Å². The Labute approximate surface area is 116 Å². The van der Waals surface area contributed by atoms with Crippen molar-refractivity contribution < 1.29 is 19.4 Å². The SMILES string of the molecule is COc1ccc(C(=O)C2=NC(C)(CC(=O)O)C=C2)cc1. The van der Waals surface area contributed by atoms with Crippen LogP contribution in [-0.4, -0.2) is 35.2 Å². The van der Waals surface area contributed by atoms with Gasteiger partial charge in [0.25, 0.3) is 0 Å². The first-order valence-corrected chi connectivity index (χ1v) is 6.13. The number of hydrogen-bond acceptors (Lipinski definition) is 4. The van der Waals surface area contributed by atoms with Crippen LogP contribution in [0.5, 0.6) is 5.75 Å². The first-order chi connectivity index (χ1) is 9.43. The summed E-state index contributed by atoms with van der Waals surface area (Å²) < 4.78 is 5.03. The quantitative estimate of drug-likeness (QED) is 0.834. The zero-order valence-electron chi connectivity index (χ0n) is 11.3. The fourth-order valence-corrected chi connectivity index (χ4v) is 2.03. The van der Waals surface area contributed by atoms with Gasteiger partial charge >= 0.3 is 5.97 Å². The minimum Gasteiger partial charge on any atom is -0.497 e. The van der Waals surface area contributed by atoms with E-state index in [2.05, 4.69) is 4.99 Å². The van der Waals surface area contributed by atoms with Crippen molar-refractivity contribution >= 4 is 17.5 Å². The standard InChI is InChI=1S/C15H15NO4/c1-15(9-13(17)18)8-7-12(16-15)14(19)10-3-5-11(20-2)6-4-10/h3-8H,9H2,1-2H3,(H,17,18). The number of allylic oxidation sites excluding steroid dienone is 1. The molecule has 1 heterocycles. The molecule has 5 heteroatoms. The number of ketones is 1. The molecule has 0 bridgehead atoms. The maximum absolute atomic E-state index is 12.2. The summed E-state index contributed by atoms with van der Waals surface area (Å²) in [4.78, 5) is 27.2. The Kier molecular flexibility index (Phi) is 3.70.